The van der Waals surface area contributed by atoms with Gasteiger partial charge in [-0.15, -0.1) is 0 Å². The predicted molar refractivity (Wildman–Crippen MR) is 93.2 cm³/mol. The highest BCUT2D eigenvalue weighted by molar-refractivity contribution is 5.75. The van der Waals surface area contributed by atoms with Gasteiger partial charge in [0, 0.05) is 13.0 Å². The van der Waals surface area contributed by atoms with Crippen LogP contribution in [-0.2, 0) is 19.4 Å². The third kappa shape index (κ3) is 3.22. The number of benzene rings is 2. The molecule has 0 N–H and O–H groups in total. The summed E-state index contributed by atoms with van der Waals surface area (Å²) in [6.45, 7) is 7.69. The van der Waals surface area contributed by atoms with Crippen molar-refractivity contribution in [2.24, 2.45) is 5.92 Å². The summed E-state index contributed by atoms with van der Waals surface area (Å²) < 4.78 is 2.40. The van der Waals surface area contributed by atoms with E-state index in [1.165, 1.54) is 22.5 Å². The van der Waals surface area contributed by atoms with Gasteiger partial charge in [0.2, 0.25) is 0 Å². The van der Waals surface area contributed by atoms with Gasteiger partial charge in [0.05, 0.1) is 11.0 Å². The third-order valence-corrected chi connectivity index (χ3v) is 4.04. The summed E-state index contributed by atoms with van der Waals surface area (Å²) >= 11 is 0. The molecule has 22 heavy (non-hydrogen) atoms. The molecule has 2 nitrogen and oxygen atoms in total. The average Bonchev–Trinajstić information content (AvgIpc) is 2.84. The van der Waals surface area contributed by atoms with Crippen molar-refractivity contribution in [3.8, 4) is 0 Å². The smallest absolute Gasteiger partial charge is 0.110 e. The quantitative estimate of drug-likeness (QED) is 0.661. The Morgan fingerprint density at radius 1 is 0.955 bits per heavy atom. The second-order valence-electron chi connectivity index (χ2n) is 6.51. The van der Waals surface area contributed by atoms with Crippen LogP contribution in [0.25, 0.3) is 11.0 Å². The standard InChI is InChI=1S/C20H24N2/c1-15(2)14-22-19-7-5-4-6-18(19)21-20(22)13-12-17-10-8-16(3)9-11-17/h4-11,15H,12-14H2,1-3H3. The van der Waals surface area contributed by atoms with Gasteiger partial charge in [-0.25, -0.2) is 4.98 Å². The molecule has 0 aliphatic rings. The van der Waals surface area contributed by atoms with Crippen molar-refractivity contribution in [1.82, 2.24) is 9.55 Å². The highest BCUT2D eigenvalue weighted by Crippen LogP contribution is 2.19. The van der Waals surface area contributed by atoms with E-state index in [2.05, 4.69) is 73.9 Å². The zero-order valence-electron chi connectivity index (χ0n) is 13.7. The Kier molecular flexibility index (Phi) is 4.28. The van der Waals surface area contributed by atoms with E-state index in [-0.39, 0.29) is 0 Å². The number of para-hydroxylation sites is 2. The van der Waals surface area contributed by atoms with Crippen molar-refractivity contribution in [2.75, 3.05) is 0 Å². The van der Waals surface area contributed by atoms with Crippen LogP contribution in [0.5, 0.6) is 0 Å². The van der Waals surface area contributed by atoms with Crippen LogP contribution >= 0.6 is 0 Å². The summed E-state index contributed by atoms with van der Waals surface area (Å²) in [5.74, 6) is 1.83. The van der Waals surface area contributed by atoms with E-state index >= 15 is 0 Å². The fourth-order valence-corrected chi connectivity index (χ4v) is 2.90. The maximum atomic E-state index is 4.86. The van der Waals surface area contributed by atoms with E-state index in [0.717, 1.165) is 24.9 Å². The largest absolute Gasteiger partial charge is 0.328 e. The van der Waals surface area contributed by atoms with Gasteiger partial charge in [-0.05, 0) is 37.0 Å². The van der Waals surface area contributed by atoms with Crippen molar-refractivity contribution in [2.45, 2.75) is 40.2 Å². The van der Waals surface area contributed by atoms with Gasteiger partial charge in [-0.2, -0.15) is 0 Å². The summed E-state index contributed by atoms with van der Waals surface area (Å²) in [7, 11) is 0. The molecular formula is C20H24N2. The molecule has 2 heteroatoms. The molecule has 0 fully saturated rings. The third-order valence-electron chi connectivity index (χ3n) is 4.04. The molecule has 114 valence electrons. The zero-order valence-corrected chi connectivity index (χ0v) is 13.7. The second-order valence-corrected chi connectivity index (χ2v) is 6.51. The first-order chi connectivity index (χ1) is 10.6. The molecule has 0 aliphatic carbocycles. The minimum absolute atomic E-state index is 0.621. The van der Waals surface area contributed by atoms with E-state index < -0.39 is 0 Å². The van der Waals surface area contributed by atoms with Crippen molar-refractivity contribution in [3.05, 3.63) is 65.5 Å². The van der Waals surface area contributed by atoms with E-state index in [1.54, 1.807) is 0 Å². The minimum atomic E-state index is 0.621. The Labute approximate surface area is 132 Å². The lowest BCUT2D eigenvalue weighted by Crippen LogP contribution is -2.09. The molecule has 0 saturated heterocycles. The van der Waals surface area contributed by atoms with E-state index in [4.69, 9.17) is 4.98 Å². The Morgan fingerprint density at radius 3 is 2.41 bits per heavy atom. The highest BCUT2D eigenvalue weighted by atomic mass is 15.1. The van der Waals surface area contributed by atoms with E-state index in [1.807, 2.05) is 0 Å². The predicted octanol–water partition coefficient (Wildman–Crippen LogP) is 4.79. The highest BCUT2D eigenvalue weighted by Gasteiger charge is 2.11. The molecule has 0 saturated carbocycles. The fourth-order valence-electron chi connectivity index (χ4n) is 2.90. The number of hydrogen-bond donors (Lipinski definition) is 0. The first-order valence-electron chi connectivity index (χ1n) is 8.13. The summed E-state index contributed by atoms with van der Waals surface area (Å²) in [4.78, 5) is 4.86. The summed E-state index contributed by atoms with van der Waals surface area (Å²) in [6, 6.07) is 17.3. The lowest BCUT2D eigenvalue weighted by Gasteiger charge is -2.12. The van der Waals surface area contributed by atoms with Crippen molar-refractivity contribution < 1.29 is 0 Å². The molecule has 0 spiro atoms. The molecule has 0 atom stereocenters. The van der Waals surface area contributed by atoms with Gasteiger partial charge < -0.3 is 4.57 Å². The Hall–Kier alpha value is -2.09. The molecule has 1 heterocycles. The maximum Gasteiger partial charge on any atom is 0.110 e. The molecule has 0 bridgehead atoms. The zero-order chi connectivity index (χ0) is 15.5. The summed E-state index contributed by atoms with van der Waals surface area (Å²) in [5.41, 5.74) is 5.07. The number of imidazole rings is 1. The number of hydrogen-bond acceptors (Lipinski definition) is 1. The van der Waals surface area contributed by atoms with E-state index in [0.29, 0.717) is 5.92 Å². The second kappa shape index (κ2) is 6.35. The number of fused-ring (bicyclic) bond motifs is 1. The SMILES string of the molecule is Cc1ccc(CCc2nc3ccccc3n2CC(C)C)cc1. The van der Waals surface area contributed by atoms with Crippen molar-refractivity contribution in [3.63, 3.8) is 0 Å². The van der Waals surface area contributed by atoms with Gasteiger partial charge >= 0.3 is 0 Å². The molecule has 0 unspecified atom stereocenters. The summed E-state index contributed by atoms with van der Waals surface area (Å²) in [6.07, 6.45) is 2.03. The minimum Gasteiger partial charge on any atom is -0.328 e. The first kappa shape index (κ1) is 14.8. The van der Waals surface area contributed by atoms with Crippen LogP contribution in [0, 0.1) is 12.8 Å². The van der Waals surface area contributed by atoms with Gasteiger partial charge in [0.1, 0.15) is 5.82 Å². The van der Waals surface area contributed by atoms with Gasteiger partial charge in [-0.1, -0.05) is 55.8 Å². The number of nitrogens with zero attached hydrogens (tertiary/aromatic N) is 2. The van der Waals surface area contributed by atoms with Gasteiger partial charge in [-0.3, -0.25) is 0 Å². The van der Waals surface area contributed by atoms with E-state index in [9.17, 15) is 0 Å². The van der Waals surface area contributed by atoms with Crippen LogP contribution in [0.2, 0.25) is 0 Å². The van der Waals surface area contributed by atoms with Gasteiger partial charge in [0.15, 0.2) is 0 Å². The normalized spacial score (nSPS) is 11.5. The van der Waals surface area contributed by atoms with Crippen LogP contribution in [0.4, 0.5) is 0 Å². The molecule has 0 amide bonds. The number of rotatable bonds is 5. The molecule has 1 aromatic heterocycles. The summed E-state index contributed by atoms with van der Waals surface area (Å²) in [5, 5.41) is 0. The monoisotopic (exact) mass is 292 g/mol. The topological polar surface area (TPSA) is 17.8 Å². The fraction of sp³-hybridized carbons (Fsp3) is 0.350. The lowest BCUT2D eigenvalue weighted by molar-refractivity contribution is 0.516. The van der Waals surface area contributed by atoms with Crippen LogP contribution in [0.3, 0.4) is 0 Å². The molecule has 0 aliphatic heterocycles. The van der Waals surface area contributed by atoms with Crippen LogP contribution in [0.15, 0.2) is 48.5 Å². The van der Waals surface area contributed by atoms with Gasteiger partial charge in [0.25, 0.3) is 0 Å². The Morgan fingerprint density at radius 2 is 1.68 bits per heavy atom. The molecule has 2 aromatic carbocycles. The first-order valence-corrected chi connectivity index (χ1v) is 8.13. The van der Waals surface area contributed by atoms with Crippen molar-refractivity contribution >= 4 is 11.0 Å². The van der Waals surface area contributed by atoms with Crippen LogP contribution in [-0.4, -0.2) is 9.55 Å². The number of aryl methyl sites for hydroxylation is 3. The Balaban J connectivity index is 1.87. The maximum absolute atomic E-state index is 4.86. The Bertz CT molecular complexity index is 751. The average molecular weight is 292 g/mol. The van der Waals surface area contributed by atoms with Crippen LogP contribution < -0.4 is 0 Å². The number of aromatic nitrogens is 2. The molecule has 3 aromatic rings. The van der Waals surface area contributed by atoms with Crippen molar-refractivity contribution in [1.29, 1.82) is 0 Å². The molecule has 3 rings (SSSR count). The molecular weight excluding hydrogens is 268 g/mol. The van der Waals surface area contributed by atoms with Crippen LogP contribution in [0.1, 0.15) is 30.8 Å². The lowest BCUT2D eigenvalue weighted by atomic mass is 10.1. The molecule has 0 radical (unpaired) electrons.